The van der Waals surface area contributed by atoms with E-state index in [-0.39, 0.29) is 0 Å². The van der Waals surface area contributed by atoms with E-state index < -0.39 is 0 Å². The maximum atomic E-state index is 5.99. The summed E-state index contributed by atoms with van der Waals surface area (Å²) < 4.78 is 0. The molecule has 0 atom stereocenters. The molecule has 0 aliphatic heterocycles. The molecule has 1 rings (SSSR count). The third kappa shape index (κ3) is 3.33. The summed E-state index contributed by atoms with van der Waals surface area (Å²) in [5, 5.41) is 4.56. The first-order chi connectivity index (χ1) is 6.75. The summed E-state index contributed by atoms with van der Waals surface area (Å²) >= 11 is 12.0. The molecule has 0 heterocycles. The van der Waals surface area contributed by atoms with Crippen LogP contribution in [-0.4, -0.2) is 13.1 Å². The van der Waals surface area contributed by atoms with Crippen LogP contribution < -0.4 is 5.32 Å². The fraction of sp³-hybridized carbons (Fsp3) is 0.273. The lowest BCUT2D eigenvalue weighted by Gasteiger charge is -2.00. The Balaban J connectivity index is 2.70. The quantitative estimate of drug-likeness (QED) is 0.779. The van der Waals surface area contributed by atoms with Gasteiger partial charge < -0.3 is 5.32 Å². The monoisotopic (exact) mass is 229 g/mol. The number of halogens is 2. The normalized spacial score (nSPS) is 11.1. The van der Waals surface area contributed by atoms with E-state index in [1.807, 2.05) is 30.4 Å². The van der Waals surface area contributed by atoms with E-state index >= 15 is 0 Å². The van der Waals surface area contributed by atoms with E-state index in [0.29, 0.717) is 10.0 Å². The molecule has 0 aromatic heterocycles. The SMILES string of the molecule is CCNCC=Cc1c(Cl)cccc1Cl. The maximum Gasteiger partial charge on any atom is 0.0493 e. The molecule has 1 aromatic rings. The van der Waals surface area contributed by atoms with Crippen molar-refractivity contribution in [1.82, 2.24) is 5.32 Å². The Bertz CT molecular complexity index is 301. The van der Waals surface area contributed by atoms with Crippen LogP contribution in [0.2, 0.25) is 10.0 Å². The molecule has 0 saturated heterocycles. The molecule has 0 unspecified atom stereocenters. The molecule has 1 aromatic carbocycles. The molecule has 0 fully saturated rings. The Kier molecular flexibility index (Phi) is 5.02. The molecule has 76 valence electrons. The average Bonchev–Trinajstić information content (AvgIpc) is 2.16. The average molecular weight is 230 g/mol. The molecule has 0 aliphatic carbocycles. The second kappa shape index (κ2) is 6.07. The van der Waals surface area contributed by atoms with E-state index in [1.165, 1.54) is 0 Å². The van der Waals surface area contributed by atoms with Gasteiger partial charge >= 0.3 is 0 Å². The number of hydrogen-bond donors (Lipinski definition) is 1. The van der Waals surface area contributed by atoms with Crippen molar-refractivity contribution in [2.75, 3.05) is 13.1 Å². The van der Waals surface area contributed by atoms with E-state index in [9.17, 15) is 0 Å². The van der Waals surface area contributed by atoms with E-state index in [1.54, 1.807) is 0 Å². The maximum absolute atomic E-state index is 5.99. The number of hydrogen-bond acceptors (Lipinski definition) is 1. The van der Waals surface area contributed by atoms with Gasteiger partial charge in [0.05, 0.1) is 0 Å². The van der Waals surface area contributed by atoms with Gasteiger partial charge in [0.25, 0.3) is 0 Å². The molecule has 0 aliphatic rings. The van der Waals surface area contributed by atoms with Crippen LogP contribution >= 0.6 is 23.2 Å². The highest BCUT2D eigenvalue weighted by molar-refractivity contribution is 6.37. The molecule has 1 N–H and O–H groups in total. The standard InChI is InChI=1S/C11H13Cl2N/c1-2-14-8-4-5-9-10(12)6-3-7-11(9)13/h3-7,14H,2,8H2,1H3. The molecule has 14 heavy (non-hydrogen) atoms. The number of likely N-dealkylation sites (N-methyl/N-ethyl adjacent to an activating group) is 1. The molecule has 0 saturated carbocycles. The fourth-order valence-corrected chi connectivity index (χ4v) is 1.60. The van der Waals surface area contributed by atoms with Crippen molar-refractivity contribution in [2.45, 2.75) is 6.92 Å². The Morgan fingerprint density at radius 3 is 2.50 bits per heavy atom. The molecule has 3 heteroatoms. The van der Waals surface area contributed by atoms with Crippen LogP contribution in [0.15, 0.2) is 24.3 Å². The van der Waals surface area contributed by atoms with Gasteiger partial charge in [-0.05, 0) is 18.7 Å². The van der Waals surface area contributed by atoms with Crippen LogP contribution in [-0.2, 0) is 0 Å². The highest BCUT2D eigenvalue weighted by Crippen LogP contribution is 2.25. The van der Waals surface area contributed by atoms with Gasteiger partial charge in [-0.25, -0.2) is 0 Å². The zero-order valence-corrected chi connectivity index (χ0v) is 9.57. The molecule has 1 nitrogen and oxygen atoms in total. The number of nitrogens with one attached hydrogen (secondary N) is 1. The van der Waals surface area contributed by atoms with Crippen molar-refractivity contribution < 1.29 is 0 Å². The van der Waals surface area contributed by atoms with Crippen molar-refractivity contribution in [1.29, 1.82) is 0 Å². The topological polar surface area (TPSA) is 12.0 Å². The van der Waals surface area contributed by atoms with Gasteiger partial charge in [0, 0.05) is 22.2 Å². The van der Waals surface area contributed by atoms with Crippen LogP contribution in [0.25, 0.3) is 6.08 Å². The lowest BCUT2D eigenvalue weighted by molar-refractivity contribution is 0.801. The summed E-state index contributed by atoms with van der Waals surface area (Å²) in [6, 6.07) is 5.51. The molecule has 0 radical (unpaired) electrons. The lowest BCUT2D eigenvalue weighted by atomic mass is 10.2. The van der Waals surface area contributed by atoms with Gasteiger partial charge in [0.2, 0.25) is 0 Å². The van der Waals surface area contributed by atoms with E-state index in [0.717, 1.165) is 18.7 Å². The Labute approximate surface area is 94.7 Å². The minimum Gasteiger partial charge on any atom is -0.314 e. The summed E-state index contributed by atoms with van der Waals surface area (Å²) in [7, 11) is 0. The summed E-state index contributed by atoms with van der Waals surface area (Å²) in [6.45, 7) is 3.86. The minimum atomic E-state index is 0.685. The molecular weight excluding hydrogens is 217 g/mol. The van der Waals surface area contributed by atoms with E-state index in [4.69, 9.17) is 23.2 Å². The van der Waals surface area contributed by atoms with Gasteiger partial charge in [-0.15, -0.1) is 0 Å². The van der Waals surface area contributed by atoms with Gasteiger partial charge in [-0.3, -0.25) is 0 Å². The first-order valence-electron chi connectivity index (χ1n) is 4.57. The van der Waals surface area contributed by atoms with Gasteiger partial charge in [0.1, 0.15) is 0 Å². The third-order valence-electron chi connectivity index (χ3n) is 1.80. The fourth-order valence-electron chi connectivity index (χ4n) is 1.07. The van der Waals surface area contributed by atoms with E-state index in [2.05, 4.69) is 12.2 Å². The Morgan fingerprint density at radius 1 is 1.29 bits per heavy atom. The van der Waals surface area contributed by atoms with Gasteiger partial charge in [-0.2, -0.15) is 0 Å². The minimum absolute atomic E-state index is 0.685. The van der Waals surface area contributed by atoms with Crippen LogP contribution in [0, 0.1) is 0 Å². The lowest BCUT2D eigenvalue weighted by Crippen LogP contribution is -2.11. The van der Waals surface area contributed by atoms with Gasteiger partial charge in [-0.1, -0.05) is 48.3 Å². The Morgan fingerprint density at radius 2 is 1.93 bits per heavy atom. The molecule has 0 spiro atoms. The summed E-state index contributed by atoms with van der Waals surface area (Å²) in [4.78, 5) is 0. The summed E-state index contributed by atoms with van der Waals surface area (Å²) in [5.41, 5.74) is 0.883. The van der Waals surface area contributed by atoms with Crippen molar-refractivity contribution in [2.24, 2.45) is 0 Å². The third-order valence-corrected chi connectivity index (χ3v) is 2.46. The summed E-state index contributed by atoms with van der Waals surface area (Å²) in [5.74, 6) is 0. The first-order valence-corrected chi connectivity index (χ1v) is 5.32. The first kappa shape index (κ1) is 11.6. The number of rotatable bonds is 4. The van der Waals surface area contributed by atoms with Crippen LogP contribution in [0.5, 0.6) is 0 Å². The summed E-state index contributed by atoms with van der Waals surface area (Å²) in [6.07, 6.45) is 3.95. The van der Waals surface area contributed by atoms with Crippen LogP contribution in [0.1, 0.15) is 12.5 Å². The number of benzene rings is 1. The second-order valence-corrected chi connectivity index (χ2v) is 3.66. The van der Waals surface area contributed by atoms with Crippen LogP contribution in [0.3, 0.4) is 0 Å². The van der Waals surface area contributed by atoms with Gasteiger partial charge in [0.15, 0.2) is 0 Å². The largest absolute Gasteiger partial charge is 0.314 e. The zero-order chi connectivity index (χ0) is 10.4. The van der Waals surface area contributed by atoms with Crippen molar-refractivity contribution >= 4 is 29.3 Å². The Hall–Kier alpha value is -0.500. The van der Waals surface area contributed by atoms with Crippen LogP contribution in [0.4, 0.5) is 0 Å². The second-order valence-electron chi connectivity index (χ2n) is 2.85. The van der Waals surface area contributed by atoms with Crippen molar-refractivity contribution in [3.8, 4) is 0 Å². The highest BCUT2D eigenvalue weighted by atomic mass is 35.5. The zero-order valence-electron chi connectivity index (χ0n) is 8.06. The highest BCUT2D eigenvalue weighted by Gasteiger charge is 1.99. The predicted octanol–water partition coefficient (Wildman–Crippen LogP) is 3.62. The van der Waals surface area contributed by atoms with Crippen molar-refractivity contribution in [3.05, 3.63) is 39.9 Å². The smallest absolute Gasteiger partial charge is 0.0493 e. The molecule has 0 bridgehead atoms. The van der Waals surface area contributed by atoms with Crippen molar-refractivity contribution in [3.63, 3.8) is 0 Å². The predicted molar refractivity (Wildman–Crippen MR) is 64.0 cm³/mol. The molecular formula is C11H13Cl2N. The molecule has 0 amide bonds.